The van der Waals surface area contributed by atoms with Gasteiger partial charge in [0.1, 0.15) is 11.5 Å². The molecule has 6 nitrogen and oxygen atoms in total. The van der Waals surface area contributed by atoms with E-state index in [2.05, 4.69) is 0 Å². The van der Waals surface area contributed by atoms with Crippen molar-refractivity contribution in [3.05, 3.63) is 70.9 Å². The number of aliphatic hydroxyl groups excluding tert-OH is 1. The van der Waals surface area contributed by atoms with Gasteiger partial charge in [0.05, 0.1) is 18.7 Å². The van der Waals surface area contributed by atoms with Crippen LogP contribution in [0.15, 0.2) is 54.2 Å². The minimum Gasteiger partial charge on any atom is -0.507 e. The Bertz CT molecular complexity index is 1280. The Balaban J connectivity index is 1.95. The van der Waals surface area contributed by atoms with Crippen LogP contribution in [0.5, 0.6) is 5.75 Å². The van der Waals surface area contributed by atoms with Crippen molar-refractivity contribution in [1.82, 2.24) is 9.47 Å². The third-order valence-electron chi connectivity index (χ3n) is 6.64. The number of aliphatic hydroxyl groups is 1. The molecule has 2 aromatic carbocycles. The fraction of sp³-hybridized carbons (Fsp3) is 0.357. The van der Waals surface area contributed by atoms with Crippen LogP contribution in [-0.4, -0.2) is 39.9 Å². The molecule has 0 saturated carbocycles. The van der Waals surface area contributed by atoms with Crippen LogP contribution in [0.2, 0.25) is 0 Å². The number of hydrogen-bond donors (Lipinski definition) is 1. The number of hydrogen-bond acceptors (Lipinski definition) is 4. The molecule has 0 spiro atoms. The van der Waals surface area contributed by atoms with Crippen molar-refractivity contribution in [2.75, 3.05) is 13.7 Å². The molecule has 1 fully saturated rings. The van der Waals surface area contributed by atoms with Gasteiger partial charge < -0.3 is 19.3 Å². The monoisotopic (exact) mass is 460 g/mol. The van der Waals surface area contributed by atoms with Crippen molar-refractivity contribution in [1.29, 1.82) is 0 Å². The van der Waals surface area contributed by atoms with Gasteiger partial charge in [0.2, 0.25) is 0 Å². The number of para-hydroxylation sites is 1. The van der Waals surface area contributed by atoms with E-state index >= 15 is 0 Å². The molecular weight excluding hydrogens is 428 g/mol. The Labute approximate surface area is 200 Å². The molecule has 0 radical (unpaired) electrons. The molecule has 1 aliphatic heterocycles. The van der Waals surface area contributed by atoms with Gasteiger partial charge in [-0.1, -0.05) is 45.4 Å². The highest BCUT2D eigenvalue weighted by atomic mass is 16.5. The second kappa shape index (κ2) is 9.37. The second-order valence-corrected chi connectivity index (χ2v) is 9.17. The van der Waals surface area contributed by atoms with Crippen LogP contribution in [-0.2, 0) is 16.6 Å². The highest BCUT2D eigenvalue weighted by molar-refractivity contribution is 6.46. The van der Waals surface area contributed by atoms with Crippen LogP contribution in [0.4, 0.5) is 0 Å². The van der Waals surface area contributed by atoms with Gasteiger partial charge in [-0.3, -0.25) is 9.59 Å². The molecule has 1 amide bonds. The second-order valence-electron chi connectivity index (χ2n) is 9.17. The number of benzene rings is 2. The number of nitrogens with zero attached hydrogens (tertiary/aromatic N) is 2. The highest BCUT2D eigenvalue weighted by Crippen LogP contribution is 2.43. The number of ketones is 1. The molecule has 1 aliphatic rings. The SMILES string of the molecule is CCCCN1C(=O)C(=O)/C(=C(/O)c2ccc(OC)c(C(C)C)c2)C1c1cn(C)c2ccccc12. The zero-order valence-corrected chi connectivity index (χ0v) is 20.5. The number of Topliss-reactive ketones (excluding diaryl/α,β-unsaturated/α-hetero) is 1. The van der Waals surface area contributed by atoms with Gasteiger partial charge in [0.15, 0.2) is 0 Å². The lowest BCUT2D eigenvalue weighted by atomic mass is 9.93. The molecule has 1 atom stereocenters. The van der Waals surface area contributed by atoms with E-state index in [1.165, 1.54) is 0 Å². The number of unbranched alkanes of at least 4 members (excludes halogenated alkanes) is 1. The molecule has 1 saturated heterocycles. The zero-order chi connectivity index (χ0) is 24.6. The summed E-state index contributed by atoms with van der Waals surface area (Å²) < 4.78 is 7.47. The molecule has 1 N–H and O–H groups in total. The maximum atomic E-state index is 13.3. The molecule has 4 rings (SSSR count). The smallest absolute Gasteiger partial charge is 0.295 e. The number of carbonyl (C=O) groups excluding carboxylic acids is 2. The van der Waals surface area contributed by atoms with Crippen LogP contribution < -0.4 is 4.74 Å². The van der Waals surface area contributed by atoms with Gasteiger partial charge >= 0.3 is 0 Å². The summed E-state index contributed by atoms with van der Waals surface area (Å²) in [7, 11) is 3.56. The first-order valence-corrected chi connectivity index (χ1v) is 11.8. The predicted molar refractivity (Wildman–Crippen MR) is 134 cm³/mol. The summed E-state index contributed by atoms with van der Waals surface area (Å²) in [5.41, 5.74) is 3.41. The number of rotatable bonds is 7. The van der Waals surface area contributed by atoms with Crippen molar-refractivity contribution >= 4 is 28.4 Å². The summed E-state index contributed by atoms with van der Waals surface area (Å²) in [5.74, 6) is -0.483. The minimum atomic E-state index is -0.651. The first-order valence-electron chi connectivity index (χ1n) is 11.8. The third kappa shape index (κ3) is 3.87. The molecule has 0 aliphatic carbocycles. The summed E-state index contributed by atoms with van der Waals surface area (Å²) in [5, 5.41) is 12.4. The quantitative estimate of drug-likeness (QED) is 0.286. The molecule has 1 aromatic heterocycles. The Kier molecular flexibility index (Phi) is 6.51. The first-order chi connectivity index (χ1) is 16.3. The highest BCUT2D eigenvalue weighted by Gasteiger charge is 2.46. The molecule has 0 bridgehead atoms. The van der Waals surface area contributed by atoms with Crippen molar-refractivity contribution < 1.29 is 19.4 Å². The Morgan fingerprint density at radius 3 is 2.56 bits per heavy atom. The maximum absolute atomic E-state index is 13.3. The van der Waals surface area contributed by atoms with Crippen LogP contribution in [0.25, 0.3) is 16.7 Å². The fourth-order valence-electron chi connectivity index (χ4n) is 4.84. The van der Waals surface area contributed by atoms with Gasteiger partial charge in [0, 0.05) is 41.8 Å². The third-order valence-corrected chi connectivity index (χ3v) is 6.64. The summed E-state index contributed by atoms with van der Waals surface area (Å²) in [6.45, 7) is 6.59. The van der Waals surface area contributed by atoms with E-state index in [0.717, 1.165) is 40.6 Å². The number of aryl methyl sites for hydroxylation is 1. The van der Waals surface area contributed by atoms with E-state index in [9.17, 15) is 14.7 Å². The van der Waals surface area contributed by atoms with E-state index in [1.807, 2.05) is 68.9 Å². The molecule has 178 valence electrons. The lowest BCUT2D eigenvalue weighted by Crippen LogP contribution is -2.30. The number of ether oxygens (including phenoxy) is 1. The Morgan fingerprint density at radius 2 is 1.88 bits per heavy atom. The van der Waals surface area contributed by atoms with Gasteiger partial charge in [0.25, 0.3) is 11.7 Å². The van der Waals surface area contributed by atoms with Crippen molar-refractivity contribution in [2.45, 2.75) is 45.6 Å². The standard InChI is InChI=1S/C28H32N2O4/c1-6-7-14-30-25(21-16-29(4)22-11-9-8-10-19(21)22)24(27(32)28(30)33)26(31)18-12-13-23(34-5)20(15-18)17(2)3/h8-13,15-17,25,31H,6-7,14H2,1-5H3/b26-24+. The Morgan fingerprint density at radius 1 is 1.15 bits per heavy atom. The summed E-state index contributed by atoms with van der Waals surface area (Å²) in [4.78, 5) is 28.1. The van der Waals surface area contributed by atoms with Crippen molar-refractivity contribution in [2.24, 2.45) is 7.05 Å². The molecule has 34 heavy (non-hydrogen) atoms. The number of fused-ring (bicyclic) bond motifs is 1. The van der Waals surface area contributed by atoms with Gasteiger partial charge in [-0.25, -0.2) is 0 Å². The molecule has 6 heteroatoms. The number of carbonyl (C=O) groups is 2. The van der Waals surface area contributed by atoms with E-state index in [-0.39, 0.29) is 17.3 Å². The maximum Gasteiger partial charge on any atom is 0.295 e. The topological polar surface area (TPSA) is 71.8 Å². The van der Waals surface area contributed by atoms with E-state index in [4.69, 9.17) is 4.74 Å². The van der Waals surface area contributed by atoms with Crippen molar-refractivity contribution in [3.8, 4) is 5.75 Å². The van der Waals surface area contributed by atoms with Crippen molar-refractivity contribution in [3.63, 3.8) is 0 Å². The minimum absolute atomic E-state index is 0.136. The van der Waals surface area contributed by atoms with Crippen LogP contribution in [0, 0.1) is 0 Å². The first kappa shape index (κ1) is 23.6. The largest absolute Gasteiger partial charge is 0.507 e. The normalized spacial score (nSPS) is 17.8. The lowest BCUT2D eigenvalue weighted by molar-refractivity contribution is -0.139. The van der Waals surface area contributed by atoms with E-state index < -0.39 is 17.7 Å². The van der Waals surface area contributed by atoms with Gasteiger partial charge in [-0.05, 0) is 42.2 Å². The average molecular weight is 461 g/mol. The fourth-order valence-corrected chi connectivity index (χ4v) is 4.84. The van der Waals surface area contributed by atoms with Crippen LogP contribution in [0.3, 0.4) is 0 Å². The number of aromatic nitrogens is 1. The summed E-state index contributed by atoms with van der Waals surface area (Å²) in [6, 6.07) is 12.6. The number of likely N-dealkylation sites (tertiary alicyclic amines) is 1. The molecule has 1 unspecified atom stereocenters. The van der Waals surface area contributed by atoms with Gasteiger partial charge in [-0.2, -0.15) is 0 Å². The van der Waals surface area contributed by atoms with Crippen LogP contribution >= 0.6 is 0 Å². The molecule has 2 heterocycles. The molecular formula is C28H32N2O4. The summed E-state index contributed by atoms with van der Waals surface area (Å²) in [6.07, 6.45) is 3.62. The lowest BCUT2D eigenvalue weighted by Gasteiger charge is -2.25. The summed E-state index contributed by atoms with van der Waals surface area (Å²) >= 11 is 0. The van der Waals surface area contributed by atoms with Gasteiger partial charge in [-0.15, -0.1) is 0 Å². The molecule has 3 aromatic rings. The number of amides is 1. The predicted octanol–water partition coefficient (Wildman–Crippen LogP) is 5.53. The number of methoxy groups -OCH3 is 1. The average Bonchev–Trinajstić information content (AvgIpc) is 3.30. The van der Waals surface area contributed by atoms with E-state index in [0.29, 0.717) is 12.1 Å². The van der Waals surface area contributed by atoms with E-state index in [1.54, 1.807) is 24.1 Å². The Hall–Kier alpha value is -3.54. The zero-order valence-electron chi connectivity index (χ0n) is 20.5. The van der Waals surface area contributed by atoms with Crippen LogP contribution in [0.1, 0.15) is 62.3 Å².